The third-order valence-corrected chi connectivity index (χ3v) is 3.32. The molecule has 0 radical (unpaired) electrons. The highest BCUT2D eigenvalue weighted by Crippen LogP contribution is 2.09. The molecular formula is C5H11ClO3S. The van der Waals surface area contributed by atoms with Crippen molar-refractivity contribution in [2.75, 3.05) is 13.7 Å². The number of ether oxygens (including phenoxy) is 1. The molecule has 62 valence electrons. The average Bonchev–Trinajstić information content (AvgIpc) is 1.80. The largest absolute Gasteiger partial charge is 0.385 e. The maximum atomic E-state index is 10.5. The molecule has 0 unspecified atom stereocenters. The standard InChI is InChI=1S/C5H11ClO3S/c1-5(3-4-9-2)10(6,7)8/h5H,3-4H2,1-2H3/t5-/m1/s1. The van der Waals surface area contributed by atoms with Crippen molar-refractivity contribution in [2.24, 2.45) is 0 Å². The third kappa shape index (κ3) is 4.09. The lowest BCUT2D eigenvalue weighted by Gasteiger charge is -2.04. The Morgan fingerprint density at radius 2 is 2.10 bits per heavy atom. The Morgan fingerprint density at radius 1 is 1.60 bits per heavy atom. The van der Waals surface area contributed by atoms with E-state index >= 15 is 0 Å². The minimum Gasteiger partial charge on any atom is -0.385 e. The van der Waals surface area contributed by atoms with Crippen LogP contribution in [0, 0.1) is 0 Å². The molecule has 0 spiro atoms. The van der Waals surface area contributed by atoms with Gasteiger partial charge >= 0.3 is 0 Å². The van der Waals surface area contributed by atoms with E-state index in [1.54, 1.807) is 6.92 Å². The predicted octanol–water partition coefficient (Wildman–Crippen LogP) is 0.980. The molecule has 0 aromatic carbocycles. The summed E-state index contributed by atoms with van der Waals surface area (Å²) in [7, 11) is 3.17. The first kappa shape index (κ1) is 10.2. The monoisotopic (exact) mass is 186 g/mol. The fraction of sp³-hybridized carbons (Fsp3) is 1.00. The van der Waals surface area contributed by atoms with Crippen LogP contribution in [0.2, 0.25) is 0 Å². The van der Waals surface area contributed by atoms with Crippen LogP contribution < -0.4 is 0 Å². The maximum Gasteiger partial charge on any atom is 0.235 e. The van der Waals surface area contributed by atoms with Crippen LogP contribution in [0.4, 0.5) is 0 Å². The molecular weight excluding hydrogens is 176 g/mol. The van der Waals surface area contributed by atoms with Gasteiger partial charge in [-0.2, -0.15) is 0 Å². The SMILES string of the molecule is COCC[C@@H](C)S(=O)(=O)Cl. The second kappa shape index (κ2) is 4.16. The number of hydrogen-bond acceptors (Lipinski definition) is 3. The average molecular weight is 187 g/mol. The third-order valence-electron chi connectivity index (χ3n) is 1.21. The molecule has 0 bridgehead atoms. The van der Waals surface area contributed by atoms with Gasteiger partial charge in [-0.1, -0.05) is 0 Å². The minimum atomic E-state index is -3.38. The molecule has 5 heteroatoms. The molecule has 0 aliphatic rings. The zero-order valence-corrected chi connectivity index (χ0v) is 7.57. The first-order chi connectivity index (χ1) is 4.48. The summed E-state index contributed by atoms with van der Waals surface area (Å²) in [6.07, 6.45) is 0.447. The van der Waals surface area contributed by atoms with E-state index in [0.717, 1.165) is 0 Å². The summed E-state index contributed by atoms with van der Waals surface area (Å²) in [5, 5.41) is -0.519. The van der Waals surface area contributed by atoms with E-state index in [-0.39, 0.29) is 0 Å². The second-order valence-electron chi connectivity index (χ2n) is 2.07. The summed E-state index contributed by atoms with van der Waals surface area (Å²) in [5.74, 6) is 0. The van der Waals surface area contributed by atoms with Gasteiger partial charge in [-0.15, -0.1) is 0 Å². The number of rotatable bonds is 4. The van der Waals surface area contributed by atoms with E-state index in [1.807, 2.05) is 0 Å². The Labute approximate surface area is 65.7 Å². The lowest BCUT2D eigenvalue weighted by molar-refractivity contribution is 0.195. The fourth-order valence-electron chi connectivity index (χ4n) is 0.425. The normalized spacial score (nSPS) is 15.1. The summed E-state index contributed by atoms with van der Waals surface area (Å²) in [5.41, 5.74) is 0. The van der Waals surface area contributed by atoms with Crippen molar-refractivity contribution in [1.82, 2.24) is 0 Å². The summed E-state index contributed by atoms with van der Waals surface area (Å²) in [6.45, 7) is 1.98. The van der Waals surface area contributed by atoms with Crippen LogP contribution in [0.5, 0.6) is 0 Å². The van der Waals surface area contributed by atoms with Crippen LogP contribution in [0.1, 0.15) is 13.3 Å². The van der Waals surface area contributed by atoms with Crippen LogP contribution in [0.25, 0.3) is 0 Å². The van der Waals surface area contributed by atoms with Crippen molar-refractivity contribution < 1.29 is 13.2 Å². The highest BCUT2D eigenvalue weighted by molar-refractivity contribution is 8.14. The van der Waals surface area contributed by atoms with Crippen LogP contribution in [0.15, 0.2) is 0 Å². The topological polar surface area (TPSA) is 43.4 Å². The van der Waals surface area contributed by atoms with E-state index in [9.17, 15) is 8.42 Å². The predicted molar refractivity (Wildman–Crippen MR) is 40.7 cm³/mol. The van der Waals surface area contributed by atoms with Gasteiger partial charge in [0.25, 0.3) is 0 Å². The maximum absolute atomic E-state index is 10.5. The van der Waals surface area contributed by atoms with Crippen LogP contribution in [-0.4, -0.2) is 27.4 Å². The zero-order chi connectivity index (χ0) is 8.20. The number of hydrogen-bond donors (Lipinski definition) is 0. The lowest BCUT2D eigenvalue weighted by Crippen LogP contribution is -2.13. The highest BCUT2D eigenvalue weighted by atomic mass is 35.7. The molecule has 10 heavy (non-hydrogen) atoms. The Hall–Kier alpha value is 0.200. The molecule has 0 fully saturated rings. The molecule has 0 aliphatic carbocycles. The van der Waals surface area contributed by atoms with Gasteiger partial charge in [0.05, 0.1) is 5.25 Å². The molecule has 0 N–H and O–H groups in total. The van der Waals surface area contributed by atoms with E-state index in [1.165, 1.54) is 7.11 Å². The molecule has 0 rings (SSSR count). The second-order valence-corrected chi connectivity index (χ2v) is 5.11. The van der Waals surface area contributed by atoms with Crippen molar-refractivity contribution in [2.45, 2.75) is 18.6 Å². The first-order valence-corrected chi connectivity index (χ1v) is 5.28. The molecule has 1 atom stereocenters. The molecule has 0 aromatic heterocycles. The Kier molecular flexibility index (Phi) is 4.24. The molecule has 3 nitrogen and oxygen atoms in total. The van der Waals surface area contributed by atoms with Crippen molar-refractivity contribution in [1.29, 1.82) is 0 Å². The molecule has 0 saturated heterocycles. The van der Waals surface area contributed by atoms with Crippen LogP contribution in [-0.2, 0) is 13.8 Å². The van der Waals surface area contributed by atoms with Crippen molar-refractivity contribution in [3.63, 3.8) is 0 Å². The fourth-order valence-corrected chi connectivity index (χ4v) is 1.07. The van der Waals surface area contributed by atoms with E-state index in [4.69, 9.17) is 10.7 Å². The first-order valence-electron chi connectivity index (χ1n) is 2.91. The van der Waals surface area contributed by atoms with Gasteiger partial charge in [-0.3, -0.25) is 0 Å². The van der Waals surface area contributed by atoms with Crippen molar-refractivity contribution >= 4 is 19.7 Å². The van der Waals surface area contributed by atoms with E-state index in [0.29, 0.717) is 13.0 Å². The molecule has 0 saturated carbocycles. The Bertz CT molecular complexity index is 175. The van der Waals surface area contributed by atoms with Crippen molar-refractivity contribution in [3.05, 3.63) is 0 Å². The quantitative estimate of drug-likeness (QED) is 0.615. The summed E-state index contributed by atoms with van der Waals surface area (Å²) >= 11 is 0. The Morgan fingerprint density at radius 3 is 2.40 bits per heavy atom. The molecule has 0 aromatic rings. The van der Waals surface area contributed by atoms with Crippen LogP contribution in [0.3, 0.4) is 0 Å². The van der Waals surface area contributed by atoms with Gasteiger partial charge in [-0.25, -0.2) is 8.42 Å². The minimum absolute atomic E-state index is 0.424. The smallest absolute Gasteiger partial charge is 0.235 e. The highest BCUT2D eigenvalue weighted by Gasteiger charge is 2.16. The van der Waals surface area contributed by atoms with Crippen molar-refractivity contribution in [3.8, 4) is 0 Å². The lowest BCUT2D eigenvalue weighted by atomic mass is 10.3. The summed E-state index contributed by atoms with van der Waals surface area (Å²) in [6, 6.07) is 0. The van der Waals surface area contributed by atoms with Gasteiger partial charge in [0.15, 0.2) is 0 Å². The van der Waals surface area contributed by atoms with Gasteiger partial charge in [-0.05, 0) is 13.3 Å². The summed E-state index contributed by atoms with van der Waals surface area (Å²) in [4.78, 5) is 0. The van der Waals surface area contributed by atoms with E-state index < -0.39 is 14.3 Å². The number of halogens is 1. The molecule has 0 heterocycles. The Balaban J connectivity index is 3.75. The van der Waals surface area contributed by atoms with Crippen LogP contribution >= 0.6 is 10.7 Å². The zero-order valence-electron chi connectivity index (χ0n) is 6.00. The van der Waals surface area contributed by atoms with Gasteiger partial charge in [0, 0.05) is 24.4 Å². The summed E-state index contributed by atoms with van der Waals surface area (Å²) < 4.78 is 25.8. The van der Waals surface area contributed by atoms with Gasteiger partial charge in [0.1, 0.15) is 0 Å². The van der Waals surface area contributed by atoms with E-state index in [2.05, 4.69) is 4.74 Å². The van der Waals surface area contributed by atoms with Gasteiger partial charge in [0.2, 0.25) is 9.05 Å². The molecule has 0 aliphatic heterocycles. The number of methoxy groups -OCH3 is 1. The molecule has 0 amide bonds. The van der Waals surface area contributed by atoms with Gasteiger partial charge < -0.3 is 4.74 Å².